The van der Waals surface area contributed by atoms with Crippen molar-refractivity contribution in [2.75, 3.05) is 25.0 Å². The summed E-state index contributed by atoms with van der Waals surface area (Å²) in [6.45, 7) is 7.91. The van der Waals surface area contributed by atoms with Crippen molar-refractivity contribution in [2.45, 2.75) is 45.6 Å². The van der Waals surface area contributed by atoms with E-state index < -0.39 is 0 Å². The number of fused-ring (bicyclic) bond motifs is 1. The number of hydrogen-bond acceptors (Lipinski definition) is 4. The zero-order valence-electron chi connectivity index (χ0n) is 12.0. The van der Waals surface area contributed by atoms with E-state index in [4.69, 9.17) is 0 Å². The molecule has 0 spiro atoms. The molecule has 2 heterocycles. The molecule has 0 aromatic carbocycles. The molecule has 1 fully saturated rings. The lowest BCUT2D eigenvalue weighted by Crippen LogP contribution is -2.28. The number of aromatic nitrogens is 2. The Bertz CT molecular complexity index is 440. The fourth-order valence-corrected chi connectivity index (χ4v) is 2.82. The van der Waals surface area contributed by atoms with Crippen LogP contribution in [0, 0.1) is 5.92 Å². The van der Waals surface area contributed by atoms with Crippen molar-refractivity contribution >= 4 is 5.82 Å². The molecular weight excluding hydrogens is 236 g/mol. The van der Waals surface area contributed by atoms with Gasteiger partial charge in [-0.2, -0.15) is 0 Å². The first-order valence-corrected chi connectivity index (χ1v) is 7.54. The van der Waals surface area contributed by atoms with E-state index in [0.29, 0.717) is 6.04 Å². The normalized spacial score (nSPS) is 20.2. The number of nitrogens with zero attached hydrogens (tertiary/aromatic N) is 3. The highest BCUT2D eigenvalue weighted by molar-refractivity contribution is 5.47. The average molecular weight is 260 g/mol. The molecule has 0 amide bonds. The van der Waals surface area contributed by atoms with Crippen LogP contribution in [0.15, 0.2) is 6.33 Å². The fraction of sp³-hybridized carbons (Fsp3) is 0.733. The van der Waals surface area contributed by atoms with Crippen LogP contribution in [0.5, 0.6) is 0 Å². The SMILES string of the molecule is CC(C)Nc1ncnc2c1CCN(CC1CC1)CC2. The predicted octanol–water partition coefficient (Wildman–Crippen LogP) is 2.11. The molecular formula is C15H24N4. The second kappa shape index (κ2) is 5.45. The molecule has 3 rings (SSSR count). The molecule has 0 saturated heterocycles. The average Bonchev–Trinajstić information content (AvgIpc) is 3.18. The summed E-state index contributed by atoms with van der Waals surface area (Å²) in [6, 6.07) is 0.421. The van der Waals surface area contributed by atoms with E-state index in [1.165, 1.54) is 30.6 Å². The molecule has 4 heteroatoms. The van der Waals surface area contributed by atoms with Crippen LogP contribution in [-0.2, 0) is 12.8 Å². The van der Waals surface area contributed by atoms with Gasteiger partial charge in [0.1, 0.15) is 12.1 Å². The summed E-state index contributed by atoms with van der Waals surface area (Å²) < 4.78 is 0. The van der Waals surface area contributed by atoms with E-state index in [0.717, 1.165) is 37.7 Å². The molecule has 0 unspecified atom stereocenters. The maximum absolute atomic E-state index is 4.50. The van der Waals surface area contributed by atoms with E-state index in [-0.39, 0.29) is 0 Å². The van der Waals surface area contributed by atoms with Crippen LogP contribution in [0.3, 0.4) is 0 Å². The molecule has 2 aliphatic rings. The van der Waals surface area contributed by atoms with Gasteiger partial charge in [-0.05, 0) is 39.0 Å². The highest BCUT2D eigenvalue weighted by Crippen LogP contribution is 2.30. The minimum Gasteiger partial charge on any atom is -0.368 e. The highest BCUT2D eigenvalue weighted by Gasteiger charge is 2.26. The molecule has 1 aliphatic heterocycles. The molecule has 0 radical (unpaired) electrons. The van der Waals surface area contributed by atoms with Gasteiger partial charge in [-0.1, -0.05) is 0 Å². The maximum Gasteiger partial charge on any atom is 0.133 e. The van der Waals surface area contributed by atoms with Crippen LogP contribution in [0.2, 0.25) is 0 Å². The van der Waals surface area contributed by atoms with Crippen LogP contribution in [-0.4, -0.2) is 40.5 Å². The van der Waals surface area contributed by atoms with Crippen molar-refractivity contribution < 1.29 is 0 Å². The smallest absolute Gasteiger partial charge is 0.133 e. The third-order valence-corrected chi connectivity index (χ3v) is 4.02. The summed E-state index contributed by atoms with van der Waals surface area (Å²) in [5.41, 5.74) is 2.59. The molecule has 1 saturated carbocycles. The van der Waals surface area contributed by atoms with Crippen molar-refractivity contribution in [1.29, 1.82) is 0 Å². The lowest BCUT2D eigenvalue weighted by Gasteiger charge is -2.19. The molecule has 104 valence electrons. The minimum absolute atomic E-state index is 0.421. The Hall–Kier alpha value is -1.16. The van der Waals surface area contributed by atoms with E-state index in [1.807, 2.05) is 0 Å². The molecule has 1 aromatic rings. The second-order valence-corrected chi connectivity index (χ2v) is 6.19. The molecule has 1 N–H and O–H groups in total. The summed E-state index contributed by atoms with van der Waals surface area (Å²) in [7, 11) is 0. The number of nitrogens with one attached hydrogen (secondary N) is 1. The Morgan fingerprint density at radius 3 is 2.79 bits per heavy atom. The van der Waals surface area contributed by atoms with Crippen LogP contribution >= 0.6 is 0 Å². The largest absolute Gasteiger partial charge is 0.368 e. The van der Waals surface area contributed by atoms with Gasteiger partial charge >= 0.3 is 0 Å². The zero-order chi connectivity index (χ0) is 13.2. The monoisotopic (exact) mass is 260 g/mol. The highest BCUT2D eigenvalue weighted by atomic mass is 15.1. The topological polar surface area (TPSA) is 41.1 Å². The zero-order valence-corrected chi connectivity index (χ0v) is 12.0. The van der Waals surface area contributed by atoms with Gasteiger partial charge in [0.2, 0.25) is 0 Å². The Balaban J connectivity index is 1.73. The summed E-state index contributed by atoms with van der Waals surface area (Å²) in [6.07, 6.45) is 6.72. The lowest BCUT2D eigenvalue weighted by molar-refractivity contribution is 0.275. The summed E-state index contributed by atoms with van der Waals surface area (Å²) in [4.78, 5) is 11.5. The molecule has 1 aliphatic carbocycles. The first-order valence-electron chi connectivity index (χ1n) is 7.54. The van der Waals surface area contributed by atoms with Gasteiger partial charge in [0.25, 0.3) is 0 Å². The molecule has 0 bridgehead atoms. The van der Waals surface area contributed by atoms with Gasteiger partial charge in [-0.3, -0.25) is 0 Å². The number of hydrogen-bond donors (Lipinski definition) is 1. The second-order valence-electron chi connectivity index (χ2n) is 6.19. The van der Waals surface area contributed by atoms with Crippen molar-refractivity contribution in [1.82, 2.24) is 14.9 Å². The minimum atomic E-state index is 0.421. The summed E-state index contributed by atoms with van der Waals surface area (Å²) >= 11 is 0. The summed E-state index contributed by atoms with van der Waals surface area (Å²) in [5, 5.41) is 3.46. The maximum atomic E-state index is 4.50. The molecule has 1 aromatic heterocycles. The summed E-state index contributed by atoms with van der Waals surface area (Å²) in [5.74, 6) is 2.02. The van der Waals surface area contributed by atoms with E-state index in [2.05, 4.69) is 34.0 Å². The van der Waals surface area contributed by atoms with Gasteiger partial charge in [0, 0.05) is 37.7 Å². The van der Waals surface area contributed by atoms with E-state index >= 15 is 0 Å². The number of anilines is 1. The van der Waals surface area contributed by atoms with Crippen molar-refractivity contribution in [2.24, 2.45) is 5.92 Å². The van der Waals surface area contributed by atoms with Crippen LogP contribution in [0.4, 0.5) is 5.82 Å². The molecule has 0 atom stereocenters. The first kappa shape index (κ1) is 12.9. The Kier molecular flexibility index (Phi) is 3.69. The lowest BCUT2D eigenvalue weighted by atomic mass is 10.1. The van der Waals surface area contributed by atoms with Gasteiger partial charge in [0.15, 0.2) is 0 Å². The van der Waals surface area contributed by atoms with Crippen LogP contribution < -0.4 is 5.32 Å². The van der Waals surface area contributed by atoms with Crippen molar-refractivity contribution in [3.63, 3.8) is 0 Å². The van der Waals surface area contributed by atoms with Crippen LogP contribution in [0.25, 0.3) is 0 Å². The van der Waals surface area contributed by atoms with Crippen molar-refractivity contribution in [3.05, 3.63) is 17.6 Å². The fourth-order valence-electron chi connectivity index (χ4n) is 2.82. The van der Waals surface area contributed by atoms with Gasteiger partial charge < -0.3 is 10.2 Å². The first-order chi connectivity index (χ1) is 9.22. The number of rotatable bonds is 4. The Morgan fingerprint density at radius 1 is 1.26 bits per heavy atom. The Labute approximate surface area is 115 Å². The van der Waals surface area contributed by atoms with E-state index in [1.54, 1.807) is 6.33 Å². The third kappa shape index (κ3) is 3.24. The quantitative estimate of drug-likeness (QED) is 0.900. The molecule has 19 heavy (non-hydrogen) atoms. The third-order valence-electron chi connectivity index (χ3n) is 4.02. The predicted molar refractivity (Wildman–Crippen MR) is 77.4 cm³/mol. The van der Waals surface area contributed by atoms with Crippen LogP contribution in [0.1, 0.15) is 37.9 Å². The van der Waals surface area contributed by atoms with Gasteiger partial charge in [0.05, 0.1) is 5.69 Å². The van der Waals surface area contributed by atoms with Gasteiger partial charge in [-0.25, -0.2) is 9.97 Å². The molecule has 4 nitrogen and oxygen atoms in total. The standard InChI is InChI=1S/C15H24N4/c1-11(2)18-15-13-5-7-19(9-12-3-4-12)8-6-14(13)16-10-17-15/h10-12H,3-9H2,1-2H3,(H,16,17,18). The van der Waals surface area contributed by atoms with Crippen molar-refractivity contribution in [3.8, 4) is 0 Å². The Morgan fingerprint density at radius 2 is 2.05 bits per heavy atom. The van der Waals surface area contributed by atoms with Gasteiger partial charge in [-0.15, -0.1) is 0 Å². The van der Waals surface area contributed by atoms with E-state index in [9.17, 15) is 0 Å².